The van der Waals surface area contributed by atoms with Gasteiger partial charge in [0, 0.05) is 61.3 Å². The maximum Gasteiger partial charge on any atom is 0.227 e. The highest BCUT2D eigenvalue weighted by Gasteiger charge is 2.34. The standard InChI is InChI=1S/C24H31ClIN8P.C2H6/c1-31(2)16-13-33(14-16)24-29-20-11-15(3-4-17(20)23(30-24)32-9-7-27-8-10-32)22-18-12-28-34(35-26)21(18)6-5-19(22)25;1-2/h5-6,12,15-16,27,35H,3-4,7-11,13-14H2,1-2H3;1-2H3. The third-order valence-electron chi connectivity index (χ3n) is 7.76. The van der Waals surface area contributed by atoms with E-state index in [0.717, 1.165) is 75.3 Å². The Kier molecular flexibility index (Phi) is 8.76. The van der Waals surface area contributed by atoms with Gasteiger partial charge < -0.3 is 20.0 Å². The van der Waals surface area contributed by atoms with Crippen LogP contribution >= 0.6 is 40.0 Å². The van der Waals surface area contributed by atoms with Gasteiger partial charge >= 0.3 is 0 Å². The van der Waals surface area contributed by atoms with Gasteiger partial charge in [0.25, 0.3) is 0 Å². The van der Waals surface area contributed by atoms with Crippen molar-refractivity contribution < 1.29 is 0 Å². The van der Waals surface area contributed by atoms with Crippen LogP contribution in [-0.2, 0) is 12.8 Å². The molecule has 2 saturated heterocycles. The number of nitrogens with one attached hydrogen (secondary N) is 1. The van der Waals surface area contributed by atoms with E-state index >= 15 is 0 Å². The van der Waals surface area contributed by atoms with Gasteiger partial charge in [0.15, 0.2) is 0 Å². The number of hydrogen-bond acceptors (Lipinski definition) is 7. The van der Waals surface area contributed by atoms with Gasteiger partial charge in [-0.25, -0.2) is 9.44 Å². The molecular weight excluding hydrogens is 618 g/mol. The van der Waals surface area contributed by atoms with Gasteiger partial charge in [0.1, 0.15) is 5.82 Å². The second-order valence-corrected chi connectivity index (χ2v) is 12.5. The molecule has 11 heteroatoms. The quantitative estimate of drug-likeness (QED) is 0.315. The molecule has 0 amide bonds. The van der Waals surface area contributed by atoms with E-state index in [4.69, 9.17) is 21.6 Å². The molecule has 3 aliphatic rings. The summed E-state index contributed by atoms with van der Waals surface area (Å²) >= 11 is 9.21. The van der Waals surface area contributed by atoms with Crippen LogP contribution in [0, 0.1) is 0 Å². The highest BCUT2D eigenvalue weighted by molar-refractivity contribution is 14.2. The second kappa shape index (κ2) is 11.9. The number of nitrogens with zero attached hydrogens (tertiary/aromatic N) is 7. The average Bonchev–Trinajstić information content (AvgIpc) is 3.31. The molecule has 2 aliphatic heterocycles. The van der Waals surface area contributed by atoms with E-state index in [-0.39, 0.29) is 0 Å². The fraction of sp³-hybridized carbons (Fsp3) is 0.577. The summed E-state index contributed by atoms with van der Waals surface area (Å²) in [7, 11) is 4.30. The first-order chi connectivity index (χ1) is 18.0. The fourth-order valence-corrected chi connectivity index (χ4v) is 7.49. The van der Waals surface area contributed by atoms with Gasteiger partial charge in [-0.1, -0.05) is 25.4 Å². The summed E-state index contributed by atoms with van der Waals surface area (Å²) in [4.78, 5) is 17.4. The minimum absolute atomic E-state index is 0.332. The van der Waals surface area contributed by atoms with Crippen molar-refractivity contribution in [3.63, 3.8) is 0 Å². The zero-order valence-electron chi connectivity index (χ0n) is 22.1. The Morgan fingerprint density at radius 1 is 1.11 bits per heavy atom. The molecule has 1 aromatic carbocycles. The summed E-state index contributed by atoms with van der Waals surface area (Å²) in [5, 5.41) is 10.1. The monoisotopic (exact) mass is 654 g/mol. The van der Waals surface area contributed by atoms with E-state index in [9.17, 15) is 0 Å². The van der Waals surface area contributed by atoms with Crippen molar-refractivity contribution in [3.05, 3.63) is 40.2 Å². The summed E-state index contributed by atoms with van der Waals surface area (Å²) in [6.45, 7) is 9.96. The summed E-state index contributed by atoms with van der Waals surface area (Å²) in [6, 6.07) is 4.71. The largest absolute Gasteiger partial charge is 0.354 e. The molecule has 2 fully saturated rings. The summed E-state index contributed by atoms with van der Waals surface area (Å²) in [5.41, 5.74) is 4.94. The topological polar surface area (TPSA) is 65.3 Å². The Balaban J connectivity index is 0.00000137. The first-order valence-electron chi connectivity index (χ1n) is 13.3. The minimum atomic E-state index is 0.332. The number of fused-ring (bicyclic) bond motifs is 2. The van der Waals surface area contributed by atoms with Crippen LogP contribution in [0.3, 0.4) is 0 Å². The lowest BCUT2D eigenvalue weighted by atomic mass is 9.81. The number of anilines is 2. The zero-order chi connectivity index (χ0) is 26.1. The highest BCUT2D eigenvalue weighted by Crippen LogP contribution is 2.43. The Labute approximate surface area is 239 Å². The molecule has 3 aromatic rings. The van der Waals surface area contributed by atoms with Crippen molar-refractivity contribution >= 4 is 62.7 Å². The number of likely N-dealkylation sites (N-methyl/N-ethyl adjacent to an activating group) is 1. The number of piperazine rings is 1. The first-order valence-corrected chi connectivity index (χ1v) is 17.8. The Morgan fingerprint density at radius 3 is 2.57 bits per heavy atom. The predicted octanol–water partition coefficient (Wildman–Crippen LogP) is 4.73. The molecule has 0 spiro atoms. The smallest absolute Gasteiger partial charge is 0.227 e. The van der Waals surface area contributed by atoms with Gasteiger partial charge in [-0.2, -0.15) is 10.1 Å². The normalized spacial score (nSPS) is 20.4. The molecule has 6 rings (SSSR count). The molecular formula is C26H37ClIN8P. The number of rotatable bonds is 5. The van der Waals surface area contributed by atoms with E-state index in [1.54, 1.807) is 0 Å². The van der Waals surface area contributed by atoms with E-state index in [1.165, 1.54) is 27.7 Å². The molecule has 8 nitrogen and oxygen atoms in total. The lowest BCUT2D eigenvalue weighted by Gasteiger charge is -2.43. The van der Waals surface area contributed by atoms with Gasteiger partial charge in [-0.15, -0.1) is 0 Å². The maximum absolute atomic E-state index is 6.83. The lowest BCUT2D eigenvalue weighted by molar-refractivity contribution is 0.245. The molecule has 1 aliphatic carbocycles. The molecule has 2 unspecified atom stereocenters. The van der Waals surface area contributed by atoms with Gasteiger partial charge in [-0.3, -0.25) is 0 Å². The summed E-state index contributed by atoms with van der Waals surface area (Å²) in [5.74, 6) is 2.37. The third-order valence-corrected chi connectivity index (χ3v) is 9.98. The van der Waals surface area contributed by atoms with E-state index in [2.05, 4.69) is 71.8 Å². The molecule has 0 saturated carbocycles. The molecule has 0 bridgehead atoms. The van der Waals surface area contributed by atoms with Crippen molar-refractivity contribution in [2.24, 2.45) is 0 Å². The number of hydrogen-bond donors (Lipinski definition) is 1. The second-order valence-electron chi connectivity index (χ2n) is 10.0. The maximum atomic E-state index is 6.83. The summed E-state index contributed by atoms with van der Waals surface area (Å²) < 4.78 is 2.07. The van der Waals surface area contributed by atoms with Crippen molar-refractivity contribution in [2.45, 2.75) is 45.1 Å². The Bertz CT molecular complexity index is 1240. The molecule has 37 heavy (non-hydrogen) atoms. The highest BCUT2D eigenvalue weighted by atomic mass is 127. The number of aromatic nitrogens is 4. The van der Waals surface area contributed by atoms with Crippen LogP contribution in [-0.4, -0.2) is 83.8 Å². The molecule has 4 heterocycles. The average molecular weight is 655 g/mol. The van der Waals surface area contributed by atoms with Crippen molar-refractivity contribution in [2.75, 3.05) is 63.2 Å². The summed E-state index contributed by atoms with van der Waals surface area (Å²) in [6.07, 6.45) is 5.50. The molecule has 2 aromatic heterocycles. The van der Waals surface area contributed by atoms with Crippen LogP contribution in [0.1, 0.15) is 43.0 Å². The van der Waals surface area contributed by atoms with Gasteiger partial charge in [0.2, 0.25) is 5.95 Å². The Morgan fingerprint density at radius 2 is 1.86 bits per heavy atom. The number of halogens is 2. The van der Waals surface area contributed by atoms with Crippen molar-refractivity contribution in [3.8, 4) is 0 Å². The zero-order valence-corrected chi connectivity index (χ0v) is 26.1. The van der Waals surface area contributed by atoms with Gasteiger partial charge in [0.05, 0.1) is 23.8 Å². The number of benzene rings is 1. The van der Waals surface area contributed by atoms with Crippen LogP contribution in [0.4, 0.5) is 11.8 Å². The van der Waals surface area contributed by atoms with Crippen LogP contribution in [0.15, 0.2) is 18.3 Å². The first kappa shape index (κ1) is 27.3. The van der Waals surface area contributed by atoms with Gasteiger partial charge in [-0.05, 0) is 79.0 Å². The predicted molar refractivity (Wildman–Crippen MR) is 165 cm³/mol. The third kappa shape index (κ3) is 5.31. The Hall–Kier alpha value is -1.26. The van der Waals surface area contributed by atoms with E-state index < -0.39 is 0 Å². The fourth-order valence-electron chi connectivity index (χ4n) is 5.63. The molecule has 200 valence electrons. The SMILES string of the molecule is CC.CN(C)C1CN(c2nc3c(c(N4CCNCC4)n2)CCC(c2c(Cl)ccc4c2cnn4PI)C3)C1. The molecule has 2 atom stereocenters. The lowest BCUT2D eigenvalue weighted by Crippen LogP contribution is -2.58. The van der Waals surface area contributed by atoms with Crippen molar-refractivity contribution in [1.82, 2.24) is 29.7 Å². The van der Waals surface area contributed by atoms with E-state index in [1.807, 2.05) is 26.1 Å². The van der Waals surface area contributed by atoms with Crippen molar-refractivity contribution in [1.29, 1.82) is 0 Å². The molecule has 0 radical (unpaired) electrons. The molecule has 1 N–H and O–H groups in total. The minimum Gasteiger partial charge on any atom is -0.354 e. The van der Waals surface area contributed by atoms with Crippen LogP contribution < -0.4 is 15.1 Å². The van der Waals surface area contributed by atoms with Crippen LogP contribution in [0.25, 0.3) is 10.9 Å². The van der Waals surface area contributed by atoms with E-state index in [0.29, 0.717) is 18.3 Å². The van der Waals surface area contributed by atoms with Crippen LogP contribution in [0.5, 0.6) is 0 Å². The van der Waals surface area contributed by atoms with Crippen LogP contribution in [0.2, 0.25) is 5.02 Å².